The van der Waals surface area contributed by atoms with Crippen LogP contribution >= 0.6 is 11.6 Å². The van der Waals surface area contributed by atoms with E-state index in [2.05, 4.69) is 0 Å². The van der Waals surface area contributed by atoms with Gasteiger partial charge < -0.3 is 29.9 Å². The van der Waals surface area contributed by atoms with Gasteiger partial charge in [0.1, 0.15) is 34.5 Å². The zero-order chi connectivity index (χ0) is 27.0. The standard InChI is InChI=1S/C29H25ClO7/c1-12-6-14(36-4)9-21(37-5)22(12)15-11-20(33)26(30)16-10-18-25(27(34)23(15)16)28(35)24-17(29(18,2)3)7-13(31)8-19(24)32/h6-11,31-34H,1-5H3. The predicted molar refractivity (Wildman–Crippen MR) is 141 cm³/mol. The number of rotatable bonds is 3. The Hall–Kier alpha value is -4.10. The fourth-order valence-corrected chi connectivity index (χ4v) is 5.61. The molecule has 4 aromatic rings. The Kier molecular flexibility index (Phi) is 5.46. The van der Waals surface area contributed by atoms with Crippen LogP contribution in [0, 0.1) is 6.92 Å². The molecule has 5 rings (SSSR count). The molecule has 0 unspecified atom stereocenters. The maximum atomic E-state index is 13.7. The molecule has 0 bridgehead atoms. The fraction of sp³-hybridized carbons (Fsp3) is 0.207. The molecule has 0 aliphatic heterocycles. The van der Waals surface area contributed by atoms with Crippen molar-refractivity contribution in [1.82, 2.24) is 0 Å². The molecule has 4 aromatic carbocycles. The van der Waals surface area contributed by atoms with Gasteiger partial charge in [-0.2, -0.15) is 0 Å². The average molecular weight is 521 g/mol. The van der Waals surface area contributed by atoms with Gasteiger partial charge in [-0.25, -0.2) is 0 Å². The van der Waals surface area contributed by atoms with Crippen LogP contribution in [-0.4, -0.2) is 40.4 Å². The van der Waals surface area contributed by atoms with Gasteiger partial charge in [-0.1, -0.05) is 25.4 Å². The number of halogens is 1. The SMILES string of the molecule is COc1cc(C)c(-c2cc(O)c(Cl)c3cc4c(c(O)c23)C(=O)c2c(O)cc(O)cc2C4(C)C)c(OC)c1. The number of hydrogen-bond donors (Lipinski definition) is 4. The lowest BCUT2D eigenvalue weighted by Crippen LogP contribution is -2.30. The minimum atomic E-state index is -0.914. The first-order valence-electron chi connectivity index (χ1n) is 11.5. The number of fused-ring (bicyclic) bond motifs is 3. The summed E-state index contributed by atoms with van der Waals surface area (Å²) in [5.41, 5.74) is 1.67. The molecule has 0 spiro atoms. The number of carbonyl (C=O) groups excluding carboxylic acids is 1. The van der Waals surface area contributed by atoms with Gasteiger partial charge in [-0.3, -0.25) is 4.79 Å². The Bertz CT molecular complexity index is 1650. The molecule has 0 heterocycles. The second-order valence-electron chi connectivity index (χ2n) is 9.69. The van der Waals surface area contributed by atoms with Crippen LogP contribution in [0.3, 0.4) is 0 Å². The summed E-state index contributed by atoms with van der Waals surface area (Å²) in [5, 5.41) is 43.8. The Morgan fingerprint density at radius 1 is 0.811 bits per heavy atom. The van der Waals surface area contributed by atoms with Gasteiger partial charge in [0, 0.05) is 39.4 Å². The van der Waals surface area contributed by atoms with Crippen molar-refractivity contribution in [2.24, 2.45) is 0 Å². The monoisotopic (exact) mass is 520 g/mol. The Morgan fingerprint density at radius 3 is 2.14 bits per heavy atom. The van der Waals surface area contributed by atoms with E-state index in [4.69, 9.17) is 21.1 Å². The molecule has 190 valence electrons. The second kappa shape index (κ2) is 8.21. The molecule has 1 aliphatic carbocycles. The van der Waals surface area contributed by atoms with Gasteiger partial charge in [0.05, 0.1) is 30.4 Å². The van der Waals surface area contributed by atoms with E-state index in [1.54, 1.807) is 18.2 Å². The largest absolute Gasteiger partial charge is 0.508 e. The van der Waals surface area contributed by atoms with Gasteiger partial charge in [0.15, 0.2) is 0 Å². The summed E-state index contributed by atoms with van der Waals surface area (Å²) in [4.78, 5) is 13.7. The van der Waals surface area contributed by atoms with Gasteiger partial charge in [0.25, 0.3) is 0 Å². The molecular weight excluding hydrogens is 496 g/mol. The normalized spacial score (nSPS) is 13.8. The highest BCUT2D eigenvalue weighted by Gasteiger charge is 2.42. The Labute approximate surface area is 218 Å². The smallest absolute Gasteiger partial charge is 0.201 e. The second-order valence-corrected chi connectivity index (χ2v) is 10.1. The van der Waals surface area contributed by atoms with Crippen molar-refractivity contribution in [3.05, 3.63) is 69.2 Å². The van der Waals surface area contributed by atoms with Gasteiger partial charge in [-0.15, -0.1) is 0 Å². The first-order valence-corrected chi connectivity index (χ1v) is 11.9. The van der Waals surface area contributed by atoms with Crippen molar-refractivity contribution in [3.63, 3.8) is 0 Å². The number of aryl methyl sites for hydroxylation is 1. The summed E-state index contributed by atoms with van der Waals surface area (Å²) < 4.78 is 11.0. The molecule has 0 saturated heterocycles. The van der Waals surface area contributed by atoms with Crippen molar-refractivity contribution in [3.8, 4) is 45.6 Å². The van der Waals surface area contributed by atoms with Gasteiger partial charge >= 0.3 is 0 Å². The molecule has 37 heavy (non-hydrogen) atoms. The maximum Gasteiger partial charge on any atom is 0.201 e. The van der Waals surface area contributed by atoms with Crippen LogP contribution in [0.5, 0.6) is 34.5 Å². The zero-order valence-corrected chi connectivity index (χ0v) is 21.6. The molecule has 0 aromatic heterocycles. The summed E-state index contributed by atoms with van der Waals surface area (Å²) in [7, 11) is 3.04. The van der Waals surface area contributed by atoms with E-state index in [1.165, 1.54) is 26.4 Å². The minimum Gasteiger partial charge on any atom is -0.508 e. The summed E-state index contributed by atoms with van der Waals surface area (Å²) in [6.07, 6.45) is 0. The van der Waals surface area contributed by atoms with Gasteiger partial charge in [0.2, 0.25) is 5.78 Å². The third-order valence-corrected chi connectivity index (χ3v) is 7.61. The van der Waals surface area contributed by atoms with Crippen molar-refractivity contribution in [1.29, 1.82) is 0 Å². The summed E-state index contributed by atoms with van der Waals surface area (Å²) >= 11 is 6.56. The van der Waals surface area contributed by atoms with E-state index in [9.17, 15) is 25.2 Å². The molecule has 0 fully saturated rings. The lowest BCUT2D eigenvalue weighted by Gasteiger charge is -2.35. The highest BCUT2D eigenvalue weighted by molar-refractivity contribution is 6.38. The van der Waals surface area contributed by atoms with Crippen LogP contribution in [0.4, 0.5) is 0 Å². The number of phenolic OH excluding ortho intramolecular Hbond substituents is 4. The molecule has 4 N–H and O–H groups in total. The third-order valence-electron chi connectivity index (χ3n) is 7.21. The first-order chi connectivity index (χ1) is 17.4. The molecule has 0 saturated carbocycles. The van der Waals surface area contributed by atoms with Crippen LogP contribution in [0.2, 0.25) is 5.02 Å². The lowest BCUT2D eigenvalue weighted by molar-refractivity contribution is 0.102. The fourth-order valence-electron chi connectivity index (χ4n) is 5.41. The van der Waals surface area contributed by atoms with Crippen molar-refractivity contribution in [2.75, 3.05) is 14.2 Å². The number of hydrogen-bond acceptors (Lipinski definition) is 7. The highest BCUT2D eigenvalue weighted by Crippen LogP contribution is 2.54. The van der Waals surface area contributed by atoms with Crippen LogP contribution < -0.4 is 9.47 Å². The average Bonchev–Trinajstić information content (AvgIpc) is 2.83. The van der Waals surface area contributed by atoms with Crippen molar-refractivity contribution in [2.45, 2.75) is 26.2 Å². The van der Waals surface area contributed by atoms with Crippen LogP contribution in [0.25, 0.3) is 21.9 Å². The van der Waals surface area contributed by atoms with Crippen LogP contribution in [0.15, 0.2) is 36.4 Å². The molecule has 7 nitrogen and oxygen atoms in total. The molecule has 0 atom stereocenters. The highest BCUT2D eigenvalue weighted by atomic mass is 35.5. The van der Waals surface area contributed by atoms with E-state index in [-0.39, 0.29) is 44.5 Å². The molecule has 0 amide bonds. The third kappa shape index (κ3) is 3.38. The molecule has 1 aliphatic rings. The number of ether oxygens (including phenoxy) is 2. The quantitative estimate of drug-likeness (QED) is 0.255. The lowest BCUT2D eigenvalue weighted by atomic mass is 9.67. The maximum absolute atomic E-state index is 13.7. The Balaban J connectivity index is 1.95. The predicted octanol–water partition coefficient (Wildman–Crippen LogP) is 6.18. The van der Waals surface area contributed by atoms with E-state index in [0.717, 1.165) is 11.6 Å². The number of benzene rings is 4. The molecule has 0 radical (unpaired) electrons. The van der Waals surface area contributed by atoms with Crippen LogP contribution in [-0.2, 0) is 5.41 Å². The topological polar surface area (TPSA) is 116 Å². The molecular formula is C29H25ClO7. The van der Waals surface area contributed by atoms with Gasteiger partial charge in [-0.05, 0) is 47.9 Å². The Morgan fingerprint density at radius 2 is 1.49 bits per heavy atom. The van der Waals surface area contributed by atoms with Crippen molar-refractivity contribution >= 4 is 28.2 Å². The first kappa shape index (κ1) is 24.6. The number of aromatic hydroxyl groups is 4. The molecule has 8 heteroatoms. The number of ketones is 1. The van der Waals surface area contributed by atoms with E-state index in [0.29, 0.717) is 39.1 Å². The van der Waals surface area contributed by atoms with E-state index >= 15 is 0 Å². The number of methoxy groups -OCH3 is 2. The van der Waals surface area contributed by atoms with Crippen LogP contribution in [0.1, 0.15) is 46.5 Å². The zero-order valence-electron chi connectivity index (χ0n) is 20.9. The number of phenols is 4. The van der Waals surface area contributed by atoms with Crippen molar-refractivity contribution < 1.29 is 34.7 Å². The summed E-state index contributed by atoms with van der Waals surface area (Å²) in [5.74, 6) is -0.707. The summed E-state index contributed by atoms with van der Waals surface area (Å²) in [6.45, 7) is 5.47. The van der Waals surface area contributed by atoms with E-state index < -0.39 is 11.2 Å². The summed E-state index contributed by atoms with van der Waals surface area (Å²) in [6, 6.07) is 9.10. The van der Waals surface area contributed by atoms with E-state index in [1.807, 2.05) is 20.8 Å². The number of carbonyl (C=O) groups is 1. The minimum absolute atomic E-state index is 0.00887.